The first kappa shape index (κ1) is 14.5. The van der Waals surface area contributed by atoms with Gasteiger partial charge in [0.05, 0.1) is 6.10 Å². The van der Waals surface area contributed by atoms with Crippen molar-refractivity contribution in [3.05, 3.63) is 0 Å². The lowest BCUT2D eigenvalue weighted by Gasteiger charge is -2.57. The van der Waals surface area contributed by atoms with Gasteiger partial charge in [0.2, 0.25) is 0 Å². The quantitative estimate of drug-likeness (QED) is 0.793. The van der Waals surface area contributed by atoms with E-state index in [4.69, 9.17) is 10.5 Å². The topological polar surface area (TPSA) is 35.2 Å². The number of rotatable bonds is 6. The molecule has 4 saturated carbocycles. The van der Waals surface area contributed by atoms with Crippen LogP contribution in [0.2, 0.25) is 0 Å². The van der Waals surface area contributed by atoms with Crippen LogP contribution in [-0.2, 0) is 4.74 Å². The molecule has 5 fully saturated rings. The molecule has 0 radical (unpaired) electrons. The molecule has 1 heterocycles. The highest BCUT2D eigenvalue weighted by atomic mass is 16.5. The molecule has 0 spiro atoms. The van der Waals surface area contributed by atoms with Gasteiger partial charge in [-0.25, -0.2) is 0 Å². The third-order valence-electron chi connectivity index (χ3n) is 6.99. The zero-order chi connectivity index (χ0) is 14.3. The third kappa shape index (κ3) is 3.17. The molecule has 0 amide bonds. The second-order valence-corrected chi connectivity index (χ2v) is 8.95. The van der Waals surface area contributed by atoms with Gasteiger partial charge in [-0.2, -0.15) is 0 Å². The Bertz CT molecular complexity index is 325. The third-order valence-corrected chi connectivity index (χ3v) is 6.99. The van der Waals surface area contributed by atoms with Crippen LogP contribution in [0.5, 0.6) is 0 Å². The molecule has 0 aromatic carbocycles. The van der Waals surface area contributed by atoms with Crippen molar-refractivity contribution in [2.24, 2.45) is 28.9 Å². The molecule has 1 aliphatic heterocycles. The van der Waals surface area contributed by atoms with Crippen molar-refractivity contribution in [1.82, 2.24) is 0 Å². The van der Waals surface area contributed by atoms with Gasteiger partial charge in [-0.15, -0.1) is 0 Å². The molecule has 0 aromatic rings. The predicted octanol–water partition coefficient (Wildman–Crippen LogP) is 4.27. The number of hydrogen-bond acceptors (Lipinski definition) is 2. The van der Waals surface area contributed by atoms with Gasteiger partial charge in [-0.1, -0.05) is 0 Å². The van der Waals surface area contributed by atoms with Gasteiger partial charge in [0.25, 0.3) is 0 Å². The minimum atomic E-state index is 0.447. The summed E-state index contributed by atoms with van der Waals surface area (Å²) in [7, 11) is 0. The Labute approximate surface area is 130 Å². The monoisotopic (exact) mass is 291 g/mol. The first-order chi connectivity index (χ1) is 10.2. The van der Waals surface area contributed by atoms with Crippen molar-refractivity contribution in [1.29, 1.82) is 0 Å². The van der Waals surface area contributed by atoms with Gasteiger partial charge >= 0.3 is 0 Å². The Morgan fingerprint density at radius 1 is 1.05 bits per heavy atom. The molecule has 4 aliphatic carbocycles. The summed E-state index contributed by atoms with van der Waals surface area (Å²) in [6.07, 6.45) is 17.4. The van der Waals surface area contributed by atoms with Crippen LogP contribution in [0.15, 0.2) is 0 Å². The maximum atomic E-state index is 6.54. The van der Waals surface area contributed by atoms with Crippen molar-refractivity contribution in [3.8, 4) is 0 Å². The molecule has 2 heteroatoms. The molecule has 5 rings (SSSR count). The van der Waals surface area contributed by atoms with Crippen molar-refractivity contribution in [3.63, 3.8) is 0 Å². The SMILES string of the molecule is NC(CCCC1CCCO1)CC12CC3CC(CC(C3)C1)C2. The Kier molecular flexibility index (Phi) is 4.04. The molecule has 120 valence electrons. The van der Waals surface area contributed by atoms with E-state index in [9.17, 15) is 0 Å². The van der Waals surface area contributed by atoms with Gasteiger partial charge in [0, 0.05) is 12.6 Å². The Morgan fingerprint density at radius 3 is 2.29 bits per heavy atom. The molecule has 2 unspecified atom stereocenters. The summed E-state index contributed by atoms with van der Waals surface area (Å²) >= 11 is 0. The van der Waals surface area contributed by atoms with Crippen LogP contribution in [0, 0.1) is 23.2 Å². The average molecular weight is 291 g/mol. The van der Waals surface area contributed by atoms with Crippen LogP contribution in [-0.4, -0.2) is 18.8 Å². The van der Waals surface area contributed by atoms with E-state index in [-0.39, 0.29) is 0 Å². The van der Waals surface area contributed by atoms with E-state index < -0.39 is 0 Å². The zero-order valence-corrected chi connectivity index (χ0v) is 13.6. The summed E-state index contributed by atoms with van der Waals surface area (Å²) in [5.41, 5.74) is 7.20. The lowest BCUT2D eigenvalue weighted by molar-refractivity contribution is -0.0607. The molecular weight excluding hydrogens is 258 g/mol. The van der Waals surface area contributed by atoms with E-state index in [1.165, 1.54) is 57.8 Å². The summed E-state index contributed by atoms with van der Waals surface area (Å²) in [6.45, 7) is 0.990. The van der Waals surface area contributed by atoms with Crippen LogP contribution in [0.4, 0.5) is 0 Å². The van der Waals surface area contributed by atoms with Crippen molar-refractivity contribution in [2.75, 3.05) is 6.61 Å². The van der Waals surface area contributed by atoms with Crippen molar-refractivity contribution in [2.45, 2.75) is 89.2 Å². The summed E-state index contributed by atoms with van der Waals surface area (Å²) in [5, 5.41) is 0. The summed E-state index contributed by atoms with van der Waals surface area (Å²) in [6, 6.07) is 0.447. The maximum Gasteiger partial charge on any atom is 0.0576 e. The highest BCUT2D eigenvalue weighted by molar-refractivity contribution is 5.02. The first-order valence-electron chi connectivity index (χ1n) is 9.58. The van der Waals surface area contributed by atoms with E-state index in [0.29, 0.717) is 17.6 Å². The van der Waals surface area contributed by atoms with Gasteiger partial charge < -0.3 is 10.5 Å². The van der Waals surface area contributed by atoms with Crippen molar-refractivity contribution < 1.29 is 4.74 Å². The van der Waals surface area contributed by atoms with Gasteiger partial charge in [0.1, 0.15) is 0 Å². The highest BCUT2D eigenvalue weighted by Gasteiger charge is 2.50. The van der Waals surface area contributed by atoms with Crippen LogP contribution < -0.4 is 5.73 Å². The van der Waals surface area contributed by atoms with E-state index in [2.05, 4.69) is 0 Å². The van der Waals surface area contributed by atoms with Crippen LogP contribution >= 0.6 is 0 Å². The molecule has 2 atom stereocenters. The van der Waals surface area contributed by atoms with Gasteiger partial charge in [-0.05, 0) is 100 Å². The minimum Gasteiger partial charge on any atom is -0.378 e. The fourth-order valence-corrected chi connectivity index (χ4v) is 6.68. The molecule has 4 bridgehead atoms. The summed E-state index contributed by atoms with van der Waals surface area (Å²) in [4.78, 5) is 0. The second-order valence-electron chi connectivity index (χ2n) is 8.95. The highest BCUT2D eigenvalue weighted by Crippen LogP contribution is 2.61. The van der Waals surface area contributed by atoms with E-state index in [1.807, 2.05) is 0 Å². The normalized spacial score (nSPS) is 46.1. The summed E-state index contributed by atoms with van der Waals surface area (Å²) < 4.78 is 5.73. The second kappa shape index (κ2) is 5.85. The fourth-order valence-electron chi connectivity index (χ4n) is 6.68. The molecule has 2 N–H and O–H groups in total. The first-order valence-corrected chi connectivity index (χ1v) is 9.58. The van der Waals surface area contributed by atoms with Crippen LogP contribution in [0.3, 0.4) is 0 Å². The molecule has 0 aromatic heterocycles. The largest absolute Gasteiger partial charge is 0.378 e. The van der Waals surface area contributed by atoms with E-state index in [0.717, 1.165) is 24.4 Å². The smallest absolute Gasteiger partial charge is 0.0576 e. The van der Waals surface area contributed by atoms with Crippen molar-refractivity contribution >= 4 is 0 Å². The predicted molar refractivity (Wildman–Crippen MR) is 86.0 cm³/mol. The zero-order valence-electron chi connectivity index (χ0n) is 13.6. The summed E-state index contributed by atoms with van der Waals surface area (Å²) in [5.74, 6) is 3.20. The lowest BCUT2D eigenvalue weighted by Crippen LogP contribution is -2.48. The molecule has 2 nitrogen and oxygen atoms in total. The van der Waals surface area contributed by atoms with Gasteiger partial charge in [0.15, 0.2) is 0 Å². The number of nitrogens with two attached hydrogens (primary N) is 1. The number of ether oxygens (including phenoxy) is 1. The Hall–Kier alpha value is -0.0800. The van der Waals surface area contributed by atoms with Crippen LogP contribution in [0.25, 0.3) is 0 Å². The maximum absolute atomic E-state index is 6.54. The molecule has 5 aliphatic rings. The number of hydrogen-bond donors (Lipinski definition) is 1. The lowest BCUT2D eigenvalue weighted by atomic mass is 9.48. The Morgan fingerprint density at radius 2 is 1.71 bits per heavy atom. The van der Waals surface area contributed by atoms with Gasteiger partial charge in [-0.3, -0.25) is 0 Å². The standard InChI is InChI=1S/C19H33NO/c20-17(3-1-4-18-5-2-6-21-18)13-19-10-14-7-15(11-19)9-16(8-14)12-19/h14-18H,1-13,20H2. The molecular formula is C19H33NO. The Balaban J connectivity index is 1.25. The molecule has 21 heavy (non-hydrogen) atoms. The molecule has 1 saturated heterocycles. The van der Waals surface area contributed by atoms with Crippen LogP contribution in [0.1, 0.15) is 77.0 Å². The van der Waals surface area contributed by atoms with E-state index in [1.54, 1.807) is 19.3 Å². The fraction of sp³-hybridized carbons (Fsp3) is 1.00. The minimum absolute atomic E-state index is 0.447. The van der Waals surface area contributed by atoms with E-state index >= 15 is 0 Å². The average Bonchev–Trinajstić information content (AvgIpc) is 2.89.